The Balaban J connectivity index is 0.00000408. The third-order valence-corrected chi connectivity index (χ3v) is 5.55. The smallest absolute Gasteiger partial charge is 0.332 e. The summed E-state index contributed by atoms with van der Waals surface area (Å²) in [6.07, 6.45) is 0.676. The molecule has 0 saturated carbocycles. The molecule has 0 bridgehead atoms. The summed E-state index contributed by atoms with van der Waals surface area (Å²) in [5.41, 5.74) is -0.536. The largest absolute Gasteiger partial charge is 0.487 e. The van der Waals surface area contributed by atoms with Crippen LogP contribution in [0.5, 0.6) is 5.75 Å². The summed E-state index contributed by atoms with van der Waals surface area (Å²) in [5, 5.41) is 13.8. The van der Waals surface area contributed by atoms with Crippen LogP contribution in [0.2, 0.25) is 0 Å². The van der Waals surface area contributed by atoms with Gasteiger partial charge in [-0.3, -0.25) is 33.7 Å². The summed E-state index contributed by atoms with van der Waals surface area (Å²) in [7, 11) is 3.11. The fraction of sp³-hybridized carbons (Fsp3) is 0.476. The first-order valence-electron chi connectivity index (χ1n) is 10.6. The van der Waals surface area contributed by atoms with Crippen molar-refractivity contribution in [3.05, 3.63) is 55.2 Å². The molecule has 13 heteroatoms. The first kappa shape index (κ1) is 26.9. The molecule has 1 aromatic carbocycles. The van der Waals surface area contributed by atoms with E-state index >= 15 is 0 Å². The Kier molecular flexibility index (Phi) is 9.21. The highest BCUT2D eigenvalue weighted by Gasteiger charge is 2.21. The lowest BCUT2D eigenvalue weighted by molar-refractivity contribution is -0.385. The van der Waals surface area contributed by atoms with Crippen LogP contribution in [-0.4, -0.2) is 64.2 Å². The highest BCUT2D eigenvalue weighted by atomic mass is 35.5. The van der Waals surface area contributed by atoms with Gasteiger partial charge in [-0.05, 0) is 18.6 Å². The summed E-state index contributed by atoms with van der Waals surface area (Å²) in [5.74, 6) is 0.460. The van der Waals surface area contributed by atoms with E-state index in [1.807, 2.05) is 4.90 Å². The van der Waals surface area contributed by atoms with Gasteiger partial charge in [-0.15, -0.1) is 12.4 Å². The highest BCUT2D eigenvalue weighted by Crippen LogP contribution is 2.30. The van der Waals surface area contributed by atoms with Crippen LogP contribution in [0.4, 0.5) is 17.2 Å². The lowest BCUT2D eigenvalue weighted by Gasteiger charge is -2.36. The predicted octanol–water partition coefficient (Wildman–Crippen LogP) is 0.964. The number of benzene rings is 1. The number of aromatic nitrogens is 2. The highest BCUT2D eigenvalue weighted by molar-refractivity contribution is 5.89. The van der Waals surface area contributed by atoms with E-state index in [4.69, 9.17) is 4.74 Å². The van der Waals surface area contributed by atoms with Crippen molar-refractivity contribution < 1.29 is 14.5 Å². The third kappa shape index (κ3) is 6.35. The van der Waals surface area contributed by atoms with E-state index < -0.39 is 4.92 Å². The molecule has 0 atom stereocenters. The lowest BCUT2D eigenvalue weighted by Crippen LogP contribution is -2.49. The summed E-state index contributed by atoms with van der Waals surface area (Å²) >= 11 is 0. The van der Waals surface area contributed by atoms with Crippen LogP contribution in [-0.2, 0) is 18.9 Å². The summed E-state index contributed by atoms with van der Waals surface area (Å²) in [6, 6.07) is 5.80. The van der Waals surface area contributed by atoms with Crippen molar-refractivity contribution in [2.24, 2.45) is 14.1 Å². The van der Waals surface area contributed by atoms with Gasteiger partial charge < -0.3 is 15.0 Å². The van der Waals surface area contributed by atoms with E-state index in [0.717, 1.165) is 24.2 Å². The molecule has 186 valence electrons. The van der Waals surface area contributed by atoms with Crippen LogP contribution < -0.4 is 26.2 Å². The SMILES string of the molecule is CC(=O)Nc1ccc(OCCCN2CCN(c3cc(=O)n(C)c(=O)n3C)CC2)c([N+](=O)[O-])c1.Cl. The standard InChI is InChI=1S/C21H28N6O6.ClH/c1-15(28)22-16-5-6-18(17(13-16)27(31)32)33-12-4-7-25-8-10-26(11-9-25)19-14-20(29)24(3)21(30)23(19)2;/h5-6,13-14H,4,7-12H2,1-3H3,(H,22,28);1H. The average Bonchev–Trinajstić information content (AvgIpc) is 2.78. The van der Waals surface area contributed by atoms with Crippen molar-refractivity contribution in [1.82, 2.24) is 14.0 Å². The first-order valence-corrected chi connectivity index (χ1v) is 10.6. The summed E-state index contributed by atoms with van der Waals surface area (Å²) < 4.78 is 8.19. The molecule has 3 rings (SSSR count). The maximum atomic E-state index is 12.2. The number of carbonyl (C=O) groups is 1. The minimum Gasteiger partial charge on any atom is -0.487 e. The average molecular weight is 497 g/mol. The molecule has 2 aromatic rings. The Labute approximate surface area is 202 Å². The number of nitro groups is 1. The fourth-order valence-corrected chi connectivity index (χ4v) is 3.76. The molecule has 0 unspecified atom stereocenters. The normalized spacial score (nSPS) is 13.8. The Bertz CT molecular complexity index is 1160. The molecule has 2 heterocycles. The van der Waals surface area contributed by atoms with Gasteiger partial charge in [0.25, 0.3) is 5.56 Å². The molecule has 1 fully saturated rings. The first-order chi connectivity index (χ1) is 15.7. The predicted molar refractivity (Wildman–Crippen MR) is 130 cm³/mol. The van der Waals surface area contributed by atoms with Gasteiger partial charge in [-0.2, -0.15) is 0 Å². The monoisotopic (exact) mass is 496 g/mol. The third-order valence-electron chi connectivity index (χ3n) is 5.55. The van der Waals surface area contributed by atoms with Crippen molar-refractivity contribution in [2.45, 2.75) is 13.3 Å². The zero-order valence-corrected chi connectivity index (χ0v) is 20.2. The summed E-state index contributed by atoms with van der Waals surface area (Å²) in [4.78, 5) is 50.3. The molecule has 1 saturated heterocycles. The Morgan fingerprint density at radius 2 is 1.79 bits per heavy atom. The van der Waals surface area contributed by atoms with Crippen LogP contribution in [0.15, 0.2) is 33.9 Å². The van der Waals surface area contributed by atoms with Crippen LogP contribution in [0.25, 0.3) is 0 Å². The molecule has 1 N–H and O–H groups in total. The molecule has 1 amide bonds. The van der Waals surface area contributed by atoms with Crippen LogP contribution in [0, 0.1) is 10.1 Å². The lowest BCUT2D eigenvalue weighted by atomic mass is 10.2. The second-order valence-corrected chi connectivity index (χ2v) is 7.89. The van der Waals surface area contributed by atoms with Crippen LogP contribution in [0.3, 0.4) is 0 Å². The van der Waals surface area contributed by atoms with Crippen molar-refractivity contribution in [3.8, 4) is 5.75 Å². The maximum Gasteiger partial charge on any atom is 0.332 e. The molecule has 1 aliphatic heterocycles. The quantitative estimate of drug-likeness (QED) is 0.325. The molecule has 0 aliphatic carbocycles. The Morgan fingerprint density at radius 3 is 2.41 bits per heavy atom. The molecular weight excluding hydrogens is 468 g/mol. The molecule has 34 heavy (non-hydrogen) atoms. The van der Waals surface area contributed by atoms with E-state index in [1.54, 1.807) is 13.1 Å². The number of nitro benzene ring substituents is 1. The van der Waals surface area contributed by atoms with Crippen LogP contribution in [0.1, 0.15) is 13.3 Å². The number of amides is 1. The maximum absolute atomic E-state index is 12.2. The molecule has 12 nitrogen and oxygen atoms in total. The van der Waals surface area contributed by atoms with Gasteiger partial charge in [0, 0.05) is 71.6 Å². The van der Waals surface area contributed by atoms with Crippen molar-refractivity contribution >= 4 is 35.5 Å². The Hall–Kier alpha value is -3.38. The number of nitrogens with one attached hydrogen (secondary N) is 1. The van der Waals surface area contributed by atoms with Gasteiger partial charge in [-0.25, -0.2) is 4.79 Å². The number of rotatable bonds is 8. The van der Waals surface area contributed by atoms with E-state index in [1.165, 1.54) is 36.7 Å². The van der Waals surface area contributed by atoms with Gasteiger partial charge in [0.2, 0.25) is 5.91 Å². The van der Waals surface area contributed by atoms with Gasteiger partial charge in [0.15, 0.2) is 5.75 Å². The van der Waals surface area contributed by atoms with E-state index in [2.05, 4.69) is 10.2 Å². The van der Waals surface area contributed by atoms with Gasteiger partial charge >= 0.3 is 11.4 Å². The number of ether oxygens (including phenoxy) is 1. The second-order valence-electron chi connectivity index (χ2n) is 7.89. The number of carbonyl (C=O) groups excluding carboxylic acids is 1. The number of hydrogen-bond acceptors (Lipinski definition) is 8. The number of piperazine rings is 1. The number of halogens is 1. The summed E-state index contributed by atoms with van der Waals surface area (Å²) in [6.45, 7) is 5.27. The minimum atomic E-state index is -0.538. The van der Waals surface area contributed by atoms with E-state index in [-0.39, 0.29) is 41.0 Å². The molecule has 0 radical (unpaired) electrons. The van der Waals surface area contributed by atoms with Crippen LogP contribution >= 0.6 is 12.4 Å². The van der Waals surface area contributed by atoms with Gasteiger partial charge in [-0.1, -0.05) is 0 Å². The van der Waals surface area contributed by atoms with Crippen molar-refractivity contribution in [3.63, 3.8) is 0 Å². The number of anilines is 2. The number of nitrogens with zero attached hydrogens (tertiary/aromatic N) is 5. The van der Waals surface area contributed by atoms with Gasteiger partial charge in [0.05, 0.1) is 11.5 Å². The molecular formula is C21H29ClN6O6. The van der Waals surface area contributed by atoms with Crippen molar-refractivity contribution in [2.75, 3.05) is 49.5 Å². The second kappa shape index (κ2) is 11.7. The number of hydrogen-bond donors (Lipinski definition) is 1. The Morgan fingerprint density at radius 1 is 1.12 bits per heavy atom. The fourth-order valence-electron chi connectivity index (χ4n) is 3.76. The zero-order valence-electron chi connectivity index (χ0n) is 19.4. The van der Waals surface area contributed by atoms with E-state index in [0.29, 0.717) is 37.6 Å². The topological polar surface area (TPSA) is 132 Å². The van der Waals surface area contributed by atoms with E-state index in [9.17, 15) is 24.5 Å². The van der Waals surface area contributed by atoms with Gasteiger partial charge in [0.1, 0.15) is 5.82 Å². The molecule has 0 spiro atoms. The molecule has 1 aliphatic rings. The zero-order chi connectivity index (χ0) is 24.1. The van der Waals surface area contributed by atoms with Crippen molar-refractivity contribution in [1.29, 1.82) is 0 Å². The minimum absolute atomic E-state index is 0. The molecule has 1 aromatic heterocycles.